The molecule has 0 aromatic carbocycles. The summed E-state index contributed by atoms with van der Waals surface area (Å²) in [5.74, 6) is -1.44. The standard InChI is InChI=1S/C28H42N6O6/c1-6-39-25(37)28-15-19(28)12-10-8-7-9-11-13-21(30-26(38)40-27(3,4)5)24(36)33-17-20(14-22(33)23(35)31-28)34-29-16-18(2)32-34/h10,12,16,19-22H,6-9,11,13-15,17H2,1-5H3,(H,30,38)(H,31,35)/b12-10-/t19?,20?,21-,22-,28+/m0/s1. The van der Waals surface area contributed by atoms with Crippen LogP contribution >= 0.6 is 0 Å². The van der Waals surface area contributed by atoms with Crippen molar-refractivity contribution < 1.29 is 28.7 Å². The normalized spacial score (nSPS) is 30.2. The van der Waals surface area contributed by atoms with Gasteiger partial charge < -0.3 is 25.0 Å². The second kappa shape index (κ2) is 12.0. The Morgan fingerprint density at radius 2 is 2.00 bits per heavy atom. The van der Waals surface area contributed by atoms with Crippen LogP contribution in [0.15, 0.2) is 18.3 Å². The molecule has 0 spiro atoms. The summed E-state index contributed by atoms with van der Waals surface area (Å²) in [6.45, 7) is 9.21. The maximum atomic E-state index is 14.0. The number of allylic oxidation sites excluding steroid dienone is 1. The Hall–Kier alpha value is -3.44. The molecule has 2 unspecified atom stereocenters. The van der Waals surface area contributed by atoms with E-state index in [0.717, 1.165) is 25.0 Å². The minimum atomic E-state index is -1.15. The predicted octanol–water partition coefficient (Wildman–Crippen LogP) is 2.58. The second-order valence-corrected chi connectivity index (χ2v) is 12.0. The fourth-order valence-electron chi connectivity index (χ4n) is 5.47. The third kappa shape index (κ3) is 6.82. The van der Waals surface area contributed by atoms with Gasteiger partial charge in [0.2, 0.25) is 11.8 Å². The molecule has 3 aliphatic rings. The summed E-state index contributed by atoms with van der Waals surface area (Å²) < 4.78 is 10.8. The predicted molar refractivity (Wildman–Crippen MR) is 145 cm³/mol. The lowest BCUT2D eigenvalue weighted by Gasteiger charge is -2.30. The van der Waals surface area contributed by atoms with Crippen molar-refractivity contribution in [3.05, 3.63) is 24.0 Å². The van der Waals surface area contributed by atoms with Gasteiger partial charge in [-0.1, -0.05) is 25.0 Å². The first kappa shape index (κ1) is 29.5. The van der Waals surface area contributed by atoms with Crippen molar-refractivity contribution in [2.45, 2.75) is 109 Å². The number of alkyl carbamates (subject to hydrolysis) is 1. The van der Waals surface area contributed by atoms with E-state index < -0.39 is 41.2 Å². The second-order valence-electron chi connectivity index (χ2n) is 12.0. The fourth-order valence-corrected chi connectivity index (χ4v) is 5.47. The first-order valence-electron chi connectivity index (χ1n) is 14.3. The summed E-state index contributed by atoms with van der Waals surface area (Å²) in [4.78, 5) is 56.6. The van der Waals surface area contributed by atoms with Gasteiger partial charge in [-0.25, -0.2) is 9.59 Å². The largest absolute Gasteiger partial charge is 0.464 e. The summed E-state index contributed by atoms with van der Waals surface area (Å²) in [5.41, 5.74) is -1.16. The molecule has 5 atom stereocenters. The highest BCUT2D eigenvalue weighted by Crippen LogP contribution is 2.46. The SMILES string of the molecule is CCOC(=O)[C@@]12CC1/C=C\CCCCC[C@H](NC(=O)OC(C)(C)C)C(=O)N1CC(n3ncc(C)n3)C[C@H]1C(=O)N2. The van der Waals surface area contributed by atoms with E-state index in [0.29, 0.717) is 19.3 Å². The number of hydrogen-bond donors (Lipinski definition) is 2. The monoisotopic (exact) mass is 558 g/mol. The molecule has 1 aromatic heterocycles. The highest BCUT2D eigenvalue weighted by Gasteiger charge is 2.62. The topological polar surface area (TPSA) is 145 Å². The number of amides is 3. The average Bonchev–Trinajstić information content (AvgIpc) is 3.17. The molecule has 40 heavy (non-hydrogen) atoms. The van der Waals surface area contributed by atoms with Crippen LogP contribution in [-0.2, 0) is 23.9 Å². The number of ether oxygens (including phenoxy) is 2. The van der Waals surface area contributed by atoms with Gasteiger partial charge in [0.15, 0.2) is 0 Å². The molecule has 1 aromatic rings. The molecule has 0 radical (unpaired) electrons. The van der Waals surface area contributed by atoms with Gasteiger partial charge in [0.05, 0.1) is 24.5 Å². The quantitative estimate of drug-likeness (QED) is 0.424. The van der Waals surface area contributed by atoms with Gasteiger partial charge in [-0.3, -0.25) is 9.59 Å². The fraction of sp³-hybridized carbons (Fsp3) is 0.714. The van der Waals surface area contributed by atoms with Crippen molar-refractivity contribution in [1.82, 2.24) is 30.5 Å². The van der Waals surface area contributed by atoms with Crippen molar-refractivity contribution in [1.29, 1.82) is 0 Å². The van der Waals surface area contributed by atoms with Crippen LogP contribution < -0.4 is 10.6 Å². The molecule has 2 N–H and O–H groups in total. The average molecular weight is 559 g/mol. The molecule has 3 heterocycles. The van der Waals surface area contributed by atoms with Gasteiger partial charge >= 0.3 is 12.1 Å². The zero-order valence-electron chi connectivity index (χ0n) is 24.1. The van der Waals surface area contributed by atoms with Crippen LogP contribution in [0.2, 0.25) is 0 Å². The lowest BCUT2D eigenvalue weighted by atomic mass is 10.0. The number of aryl methyl sites for hydroxylation is 1. The van der Waals surface area contributed by atoms with Crippen LogP contribution in [0.3, 0.4) is 0 Å². The first-order chi connectivity index (χ1) is 18.9. The summed E-state index contributed by atoms with van der Waals surface area (Å²) in [5, 5.41) is 14.4. The van der Waals surface area contributed by atoms with E-state index in [9.17, 15) is 19.2 Å². The minimum absolute atomic E-state index is 0.168. The molecule has 1 saturated carbocycles. The van der Waals surface area contributed by atoms with E-state index >= 15 is 0 Å². The Balaban J connectivity index is 1.64. The van der Waals surface area contributed by atoms with Crippen molar-refractivity contribution in [3.8, 4) is 0 Å². The van der Waals surface area contributed by atoms with E-state index in [1.807, 2.05) is 19.1 Å². The Bertz CT molecular complexity index is 1140. The number of nitrogens with one attached hydrogen (secondary N) is 2. The maximum absolute atomic E-state index is 14.0. The zero-order valence-corrected chi connectivity index (χ0v) is 24.1. The van der Waals surface area contributed by atoms with Crippen LogP contribution in [0.25, 0.3) is 0 Å². The highest BCUT2D eigenvalue weighted by molar-refractivity contribution is 5.96. The Morgan fingerprint density at radius 1 is 1.23 bits per heavy atom. The molecule has 0 bridgehead atoms. The molecule has 2 aliphatic heterocycles. The number of carbonyl (C=O) groups excluding carboxylic acids is 4. The van der Waals surface area contributed by atoms with E-state index in [4.69, 9.17) is 9.47 Å². The zero-order chi connectivity index (χ0) is 29.1. The molecule has 1 aliphatic carbocycles. The molecule has 12 nitrogen and oxygen atoms in total. The first-order valence-corrected chi connectivity index (χ1v) is 14.3. The smallest absolute Gasteiger partial charge is 0.408 e. The number of nitrogens with zero attached hydrogens (tertiary/aromatic N) is 4. The summed E-state index contributed by atoms with van der Waals surface area (Å²) >= 11 is 0. The van der Waals surface area contributed by atoms with Gasteiger partial charge in [-0.15, -0.1) is 0 Å². The number of aromatic nitrogens is 3. The van der Waals surface area contributed by atoms with Gasteiger partial charge in [0, 0.05) is 18.9 Å². The van der Waals surface area contributed by atoms with Crippen LogP contribution in [0.1, 0.15) is 84.4 Å². The van der Waals surface area contributed by atoms with Crippen molar-refractivity contribution >= 4 is 23.9 Å². The number of esters is 1. The molecule has 3 amide bonds. The Morgan fingerprint density at radius 3 is 2.67 bits per heavy atom. The van der Waals surface area contributed by atoms with Gasteiger partial charge in [-0.05, 0) is 60.3 Å². The van der Waals surface area contributed by atoms with Crippen LogP contribution in [0, 0.1) is 12.8 Å². The lowest BCUT2D eigenvalue weighted by Crippen LogP contribution is -2.56. The number of rotatable bonds is 4. The molecule has 2 fully saturated rings. The van der Waals surface area contributed by atoms with Crippen molar-refractivity contribution in [2.75, 3.05) is 13.2 Å². The highest BCUT2D eigenvalue weighted by atomic mass is 16.6. The molecule has 4 rings (SSSR count). The summed E-state index contributed by atoms with van der Waals surface area (Å²) in [6, 6.07) is -2.10. The van der Waals surface area contributed by atoms with E-state index in [1.54, 1.807) is 33.9 Å². The molecule has 220 valence electrons. The number of hydrogen-bond acceptors (Lipinski definition) is 8. The molecule has 1 saturated heterocycles. The van der Waals surface area contributed by atoms with E-state index in [-0.39, 0.29) is 37.4 Å². The van der Waals surface area contributed by atoms with Crippen molar-refractivity contribution in [2.24, 2.45) is 5.92 Å². The lowest BCUT2D eigenvalue weighted by molar-refractivity contribution is -0.150. The third-order valence-corrected chi connectivity index (χ3v) is 7.54. The van der Waals surface area contributed by atoms with E-state index in [1.165, 1.54) is 9.70 Å². The van der Waals surface area contributed by atoms with Gasteiger partial charge in [-0.2, -0.15) is 15.0 Å². The third-order valence-electron chi connectivity index (χ3n) is 7.54. The van der Waals surface area contributed by atoms with E-state index in [2.05, 4.69) is 20.8 Å². The van der Waals surface area contributed by atoms with Gasteiger partial charge in [0.1, 0.15) is 23.2 Å². The number of carbonyl (C=O) groups is 4. The van der Waals surface area contributed by atoms with Crippen LogP contribution in [0.5, 0.6) is 0 Å². The Labute approximate surface area is 235 Å². The van der Waals surface area contributed by atoms with Gasteiger partial charge in [0.25, 0.3) is 0 Å². The van der Waals surface area contributed by atoms with Crippen molar-refractivity contribution in [3.63, 3.8) is 0 Å². The molecular formula is C28H42N6O6. The summed E-state index contributed by atoms with van der Waals surface area (Å²) in [6.07, 6.45) is 9.38. The molecular weight excluding hydrogens is 516 g/mol. The Kier molecular flexibility index (Phi) is 8.84. The maximum Gasteiger partial charge on any atom is 0.408 e. The van der Waals surface area contributed by atoms with Crippen LogP contribution in [-0.4, -0.2) is 80.1 Å². The molecule has 12 heteroatoms. The summed E-state index contributed by atoms with van der Waals surface area (Å²) in [7, 11) is 0. The number of fused-ring (bicyclic) bond motifs is 2. The minimum Gasteiger partial charge on any atom is -0.464 e. The van der Waals surface area contributed by atoms with Crippen LogP contribution in [0.4, 0.5) is 4.79 Å².